The maximum absolute atomic E-state index is 14.1. The molecule has 0 radical (unpaired) electrons. The third-order valence-corrected chi connectivity index (χ3v) is 6.17. The van der Waals surface area contributed by atoms with Crippen LogP contribution in [0.5, 0.6) is 0 Å². The maximum Gasteiger partial charge on any atom is 0.309 e. The second kappa shape index (κ2) is 9.96. The molecule has 2 aliphatic rings. The van der Waals surface area contributed by atoms with Crippen molar-refractivity contribution in [1.82, 2.24) is 15.5 Å². The molecule has 7 nitrogen and oxygen atoms in total. The Morgan fingerprint density at radius 3 is 2.45 bits per heavy atom. The van der Waals surface area contributed by atoms with Crippen LogP contribution in [-0.2, 0) is 9.59 Å². The molecule has 2 fully saturated rings. The summed E-state index contributed by atoms with van der Waals surface area (Å²) in [4.78, 5) is 28.8. The molecule has 2 N–H and O–H groups in total. The minimum atomic E-state index is -0.617. The summed E-state index contributed by atoms with van der Waals surface area (Å²) in [5.41, 5.74) is 0.605. The lowest BCUT2D eigenvalue weighted by Crippen LogP contribution is -2.51. The van der Waals surface area contributed by atoms with Crippen LogP contribution in [0.15, 0.2) is 47.1 Å². The zero-order valence-electron chi connectivity index (χ0n) is 17.6. The van der Waals surface area contributed by atoms with Gasteiger partial charge in [0.1, 0.15) is 11.6 Å². The normalized spacial score (nSPS) is 18.7. The number of nitrogens with one attached hydrogen (secondary N) is 2. The van der Waals surface area contributed by atoms with Gasteiger partial charge in [0, 0.05) is 38.8 Å². The molecule has 0 unspecified atom stereocenters. The predicted octanol–water partition coefficient (Wildman–Crippen LogP) is 2.46. The van der Waals surface area contributed by atoms with Crippen molar-refractivity contribution >= 4 is 17.5 Å². The van der Waals surface area contributed by atoms with E-state index >= 15 is 0 Å². The first kappa shape index (κ1) is 21.4. The molecule has 4 rings (SSSR count). The Hall–Kier alpha value is -2.87. The van der Waals surface area contributed by atoms with E-state index in [1.54, 1.807) is 18.4 Å². The summed E-state index contributed by atoms with van der Waals surface area (Å²) in [5.74, 6) is -0.683. The van der Waals surface area contributed by atoms with Crippen molar-refractivity contribution in [3.63, 3.8) is 0 Å². The van der Waals surface area contributed by atoms with Gasteiger partial charge in [-0.3, -0.25) is 14.5 Å². The third kappa shape index (κ3) is 5.25. The van der Waals surface area contributed by atoms with Crippen LogP contribution in [0.1, 0.15) is 37.5 Å². The molecule has 166 valence electrons. The molecule has 8 heteroatoms. The van der Waals surface area contributed by atoms with Crippen LogP contribution in [-0.4, -0.2) is 55.5 Å². The Labute approximate surface area is 181 Å². The Kier molecular flexibility index (Phi) is 6.86. The highest BCUT2D eigenvalue weighted by molar-refractivity contribution is 6.35. The van der Waals surface area contributed by atoms with Crippen molar-refractivity contribution in [1.29, 1.82) is 0 Å². The number of amides is 2. The Morgan fingerprint density at radius 1 is 1.03 bits per heavy atom. The number of hydrogen-bond acceptors (Lipinski definition) is 5. The van der Waals surface area contributed by atoms with Crippen molar-refractivity contribution in [3.8, 4) is 0 Å². The molecule has 31 heavy (non-hydrogen) atoms. The van der Waals surface area contributed by atoms with E-state index in [1.807, 2.05) is 23.1 Å². The second-order valence-corrected chi connectivity index (χ2v) is 8.17. The van der Waals surface area contributed by atoms with Crippen LogP contribution in [0.25, 0.3) is 0 Å². The van der Waals surface area contributed by atoms with Crippen molar-refractivity contribution in [2.75, 3.05) is 37.6 Å². The molecule has 1 saturated carbocycles. The summed E-state index contributed by atoms with van der Waals surface area (Å²) >= 11 is 0. The highest BCUT2D eigenvalue weighted by atomic mass is 19.1. The molecule has 0 spiro atoms. The van der Waals surface area contributed by atoms with Gasteiger partial charge in [-0.05, 0) is 37.1 Å². The number of piperazine rings is 1. The van der Waals surface area contributed by atoms with E-state index in [2.05, 4.69) is 15.5 Å². The molecular weight excluding hydrogens is 399 g/mol. The number of carbonyl (C=O) groups is 2. The first-order valence-corrected chi connectivity index (χ1v) is 11.0. The standard InChI is InChI=1S/C23H29FN4O3/c24-18-8-3-4-9-19(18)27-11-13-28(14-12-27)20(21-10-5-15-31-21)16-25-22(29)23(30)26-17-6-1-2-7-17/h3-5,8-10,15,17,20H,1-2,6-7,11-14,16H2,(H,25,29)(H,26,30)/t20-/m1/s1. The fourth-order valence-electron chi connectivity index (χ4n) is 4.46. The number of anilines is 1. The Balaban J connectivity index is 1.35. The first-order valence-electron chi connectivity index (χ1n) is 11.0. The van der Waals surface area contributed by atoms with Gasteiger partial charge >= 0.3 is 11.8 Å². The molecule has 1 atom stereocenters. The van der Waals surface area contributed by atoms with Crippen LogP contribution in [0.4, 0.5) is 10.1 Å². The molecule has 1 aliphatic heterocycles. The van der Waals surface area contributed by atoms with Crippen LogP contribution in [0.2, 0.25) is 0 Å². The molecule has 1 aliphatic carbocycles. The molecule has 1 saturated heterocycles. The van der Waals surface area contributed by atoms with Gasteiger partial charge in [-0.25, -0.2) is 4.39 Å². The molecular formula is C23H29FN4O3. The number of nitrogens with zero attached hydrogens (tertiary/aromatic N) is 2. The zero-order chi connectivity index (χ0) is 21.6. The SMILES string of the molecule is O=C(NC[C@H](c1ccco1)N1CCN(c2ccccc2F)CC1)C(=O)NC1CCCC1. The van der Waals surface area contributed by atoms with Gasteiger partial charge in [0.2, 0.25) is 0 Å². The molecule has 2 aromatic rings. The number of para-hydroxylation sites is 1. The molecule has 0 bridgehead atoms. The largest absolute Gasteiger partial charge is 0.468 e. The smallest absolute Gasteiger partial charge is 0.309 e. The number of halogens is 1. The summed E-state index contributed by atoms with van der Waals surface area (Å²) in [7, 11) is 0. The minimum Gasteiger partial charge on any atom is -0.468 e. The van der Waals surface area contributed by atoms with Crippen molar-refractivity contribution in [2.24, 2.45) is 0 Å². The maximum atomic E-state index is 14.1. The quantitative estimate of drug-likeness (QED) is 0.691. The number of rotatable bonds is 6. The zero-order valence-corrected chi connectivity index (χ0v) is 17.6. The summed E-state index contributed by atoms with van der Waals surface area (Å²) in [6.45, 7) is 2.96. The van der Waals surface area contributed by atoms with Gasteiger partial charge < -0.3 is 20.0 Å². The van der Waals surface area contributed by atoms with E-state index < -0.39 is 11.8 Å². The van der Waals surface area contributed by atoms with E-state index in [0.717, 1.165) is 31.4 Å². The highest BCUT2D eigenvalue weighted by Crippen LogP contribution is 2.25. The topological polar surface area (TPSA) is 77.8 Å². The first-order chi connectivity index (χ1) is 15.1. The Bertz CT molecular complexity index is 875. The number of carbonyl (C=O) groups excluding carboxylic acids is 2. The average Bonchev–Trinajstić information content (AvgIpc) is 3.49. The van der Waals surface area contributed by atoms with Crippen LogP contribution >= 0.6 is 0 Å². The van der Waals surface area contributed by atoms with Gasteiger partial charge in [-0.15, -0.1) is 0 Å². The summed E-state index contributed by atoms with van der Waals surface area (Å²) in [6, 6.07) is 10.4. The van der Waals surface area contributed by atoms with E-state index in [4.69, 9.17) is 4.42 Å². The van der Waals surface area contributed by atoms with Gasteiger partial charge in [0.05, 0.1) is 18.0 Å². The highest BCUT2D eigenvalue weighted by Gasteiger charge is 2.29. The summed E-state index contributed by atoms with van der Waals surface area (Å²) < 4.78 is 19.7. The van der Waals surface area contributed by atoms with E-state index in [0.29, 0.717) is 31.9 Å². The van der Waals surface area contributed by atoms with Crippen molar-refractivity contribution in [3.05, 3.63) is 54.2 Å². The van der Waals surface area contributed by atoms with Crippen molar-refractivity contribution < 1.29 is 18.4 Å². The second-order valence-electron chi connectivity index (χ2n) is 8.17. The van der Waals surface area contributed by atoms with Gasteiger partial charge in [-0.2, -0.15) is 0 Å². The van der Waals surface area contributed by atoms with Crippen LogP contribution in [0.3, 0.4) is 0 Å². The summed E-state index contributed by atoms with van der Waals surface area (Å²) in [6.07, 6.45) is 5.64. The van der Waals surface area contributed by atoms with E-state index in [-0.39, 0.29) is 24.4 Å². The van der Waals surface area contributed by atoms with Gasteiger partial charge in [0.25, 0.3) is 0 Å². The lowest BCUT2D eigenvalue weighted by atomic mass is 10.1. The number of furan rings is 1. The van der Waals surface area contributed by atoms with Crippen LogP contribution in [0, 0.1) is 5.82 Å². The third-order valence-electron chi connectivity index (χ3n) is 6.17. The lowest BCUT2D eigenvalue weighted by Gasteiger charge is -2.39. The molecule has 1 aromatic carbocycles. The van der Waals surface area contributed by atoms with Gasteiger partial charge in [-0.1, -0.05) is 25.0 Å². The number of benzene rings is 1. The van der Waals surface area contributed by atoms with E-state index in [9.17, 15) is 14.0 Å². The fraction of sp³-hybridized carbons (Fsp3) is 0.478. The Morgan fingerprint density at radius 2 is 1.77 bits per heavy atom. The van der Waals surface area contributed by atoms with Gasteiger partial charge in [0.15, 0.2) is 0 Å². The predicted molar refractivity (Wildman–Crippen MR) is 115 cm³/mol. The molecule has 2 heterocycles. The minimum absolute atomic E-state index is 0.102. The molecule has 1 aromatic heterocycles. The average molecular weight is 429 g/mol. The number of hydrogen-bond donors (Lipinski definition) is 2. The fourth-order valence-corrected chi connectivity index (χ4v) is 4.46. The lowest BCUT2D eigenvalue weighted by molar-refractivity contribution is -0.139. The summed E-state index contributed by atoms with van der Waals surface area (Å²) in [5, 5.41) is 5.58. The van der Waals surface area contributed by atoms with E-state index in [1.165, 1.54) is 6.07 Å². The van der Waals surface area contributed by atoms with Crippen molar-refractivity contribution in [2.45, 2.75) is 37.8 Å². The van der Waals surface area contributed by atoms with Crippen LogP contribution < -0.4 is 15.5 Å². The monoisotopic (exact) mass is 428 g/mol. The molecule has 2 amide bonds.